The molecule has 22 heavy (non-hydrogen) atoms. The number of rotatable bonds is 4. The van der Waals surface area contributed by atoms with Crippen LogP contribution in [0.2, 0.25) is 0 Å². The van der Waals surface area contributed by atoms with Crippen LogP contribution in [0.5, 0.6) is 0 Å². The quantitative estimate of drug-likeness (QED) is 0.928. The first-order valence-electron chi connectivity index (χ1n) is 8.14. The molecule has 118 valence electrons. The molecule has 3 atom stereocenters. The molecule has 2 amide bonds. The van der Waals surface area contributed by atoms with E-state index in [4.69, 9.17) is 0 Å². The molecule has 4 heteroatoms. The molecule has 3 rings (SSSR count). The lowest BCUT2D eigenvalue weighted by Gasteiger charge is -2.21. The molecule has 2 fully saturated rings. The fraction of sp³-hybridized carbons (Fsp3) is 0.556. The smallest absolute Gasteiger partial charge is 0.253 e. The maximum absolute atomic E-state index is 12.3. The maximum Gasteiger partial charge on any atom is 0.253 e. The highest BCUT2D eigenvalue weighted by Gasteiger charge is 2.40. The van der Waals surface area contributed by atoms with E-state index in [1.54, 1.807) is 26.2 Å². The number of carbonyl (C=O) groups is 2. The Kier molecular flexibility index (Phi) is 4.19. The van der Waals surface area contributed by atoms with Gasteiger partial charge in [-0.25, -0.2) is 0 Å². The molecule has 0 saturated heterocycles. The van der Waals surface area contributed by atoms with Gasteiger partial charge in [-0.2, -0.15) is 0 Å². The Morgan fingerprint density at radius 1 is 1.23 bits per heavy atom. The Bertz CT molecular complexity index is 582. The van der Waals surface area contributed by atoms with Crippen molar-refractivity contribution in [2.75, 3.05) is 19.4 Å². The van der Waals surface area contributed by atoms with Gasteiger partial charge in [0.15, 0.2) is 0 Å². The zero-order valence-electron chi connectivity index (χ0n) is 13.3. The zero-order valence-corrected chi connectivity index (χ0v) is 13.3. The van der Waals surface area contributed by atoms with Crippen molar-refractivity contribution in [2.45, 2.75) is 32.1 Å². The summed E-state index contributed by atoms with van der Waals surface area (Å²) in [6.07, 6.45) is 5.82. The van der Waals surface area contributed by atoms with Crippen LogP contribution in [-0.4, -0.2) is 30.8 Å². The van der Waals surface area contributed by atoms with E-state index < -0.39 is 0 Å². The average Bonchev–Trinajstić information content (AvgIpc) is 3.09. The zero-order chi connectivity index (χ0) is 15.7. The fourth-order valence-electron chi connectivity index (χ4n) is 4.06. The Balaban J connectivity index is 1.59. The van der Waals surface area contributed by atoms with E-state index >= 15 is 0 Å². The van der Waals surface area contributed by atoms with Crippen LogP contribution in [0.1, 0.15) is 42.5 Å². The van der Waals surface area contributed by atoms with Crippen LogP contribution in [-0.2, 0) is 4.79 Å². The highest BCUT2D eigenvalue weighted by molar-refractivity contribution is 5.97. The summed E-state index contributed by atoms with van der Waals surface area (Å²) in [5, 5.41) is 2.95. The van der Waals surface area contributed by atoms with Crippen molar-refractivity contribution in [3.05, 3.63) is 29.8 Å². The van der Waals surface area contributed by atoms with E-state index in [-0.39, 0.29) is 11.8 Å². The molecule has 1 aromatic carbocycles. The molecular formula is C18H24N2O2. The second-order valence-electron chi connectivity index (χ2n) is 6.97. The van der Waals surface area contributed by atoms with Gasteiger partial charge in [0.05, 0.1) is 0 Å². The van der Waals surface area contributed by atoms with E-state index in [2.05, 4.69) is 5.32 Å². The molecule has 1 N–H and O–H groups in total. The van der Waals surface area contributed by atoms with Crippen LogP contribution >= 0.6 is 0 Å². The number of carbonyl (C=O) groups excluding carboxylic acids is 2. The van der Waals surface area contributed by atoms with Crippen LogP contribution in [0.4, 0.5) is 5.69 Å². The molecule has 2 aliphatic rings. The average molecular weight is 300 g/mol. The van der Waals surface area contributed by atoms with Crippen LogP contribution < -0.4 is 5.32 Å². The summed E-state index contributed by atoms with van der Waals surface area (Å²) in [4.78, 5) is 25.8. The first-order chi connectivity index (χ1) is 10.5. The predicted molar refractivity (Wildman–Crippen MR) is 86.6 cm³/mol. The van der Waals surface area contributed by atoms with Crippen molar-refractivity contribution < 1.29 is 9.59 Å². The Morgan fingerprint density at radius 2 is 2.05 bits per heavy atom. The number of fused-ring (bicyclic) bond motifs is 2. The van der Waals surface area contributed by atoms with Crippen molar-refractivity contribution in [3.63, 3.8) is 0 Å². The third-order valence-electron chi connectivity index (χ3n) is 5.13. The Hall–Kier alpha value is -1.84. The summed E-state index contributed by atoms with van der Waals surface area (Å²) >= 11 is 0. The Morgan fingerprint density at radius 3 is 2.68 bits per heavy atom. The van der Waals surface area contributed by atoms with Gasteiger partial charge in [0.25, 0.3) is 5.91 Å². The summed E-state index contributed by atoms with van der Waals surface area (Å²) in [5.74, 6) is 2.21. The standard InChI is InChI=1S/C18H24N2O2/c1-20(2)18(22)14-4-3-5-16(10-14)19-17(21)11-15-9-12-6-7-13(15)8-12/h3-5,10,12-13,15H,6-9,11H2,1-2H3,(H,19,21)/t12-,13-,15+/m0/s1. The monoisotopic (exact) mass is 300 g/mol. The molecule has 2 aliphatic carbocycles. The number of hydrogen-bond acceptors (Lipinski definition) is 2. The van der Waals surface area contributed by atoms with Crippen LogP contribution in [0.3, 0.4) is 0 Å². The number of anilines is 1. The molecular weight excluding hydrogens is 276 g/mol. The molecule has 4 nitrogen and oxygen atoms in total. The predicted octanol–water partition coefficient (Wildman–Crippen LogP) is 3.15. The second kappa shape index (κ2) is 6.11. The topological polar surface area (TPSA) is 49.4 Å². The highest BCUT2D eigenvalue weighted by Crippen LogP contribution is 2.49. The lowest BCUT2D eigenvalue weighted by Crippen LogP contribution is -2.22. The molecule has 0 aromatic heterocycles. The van der Waals surface area contributed by atoms with Gasteiger partial charge < -0.3 is 10.2 Å². The maximum atomic E-state index is 12.3. The second-order valence-corrected chi connectivity index (χ2v) is 6.97. The molecule has 0 unspecified atom stereocenters. The molecule has 0 radical (unpaired) electrons. The first kappa shape index (κ1) is 15.1. The minimum atomic E-state index is -0.0517. The molecule has 1 aromatic rings. The van der Waals surface area contributed by atoms with Crippen molar-refractivity contribution in [1.82, 2.24) is 4.90 Å². The summed E-state index contributed by atoms with van der Waals surface area (Å²) in [5.41, 5.74) is 1.31. The largest absolute Gasteiger partial charge is 0.345 e. The summed E-state index contributed by atoms with van der Waals surface area (Å²) in [7, 11) is 3.45. The van der Waals surface area contributed by atoms with Crippen molar-refractivity contribution >= 4 is 17.5 Å². The molecule has 2 saturated carbocycles. The number of nitrogens with one attached hydrogen (secondary N) is 1. The third kappa shape index (κ3) is 3.16. The fourth-order valence-corrected chi connectivity index (χ4v) is 4.06. The normalized spacial score (nSPS) is 26.0. The molecule has 0 spiro atoms. The van der Waals surface area contributed by atoms with Crippen LogP contribution in [0.15, 0.2) is 24.3 Å². The number of hydrogen-bond donors (Lipinski definition) is 1. The van der Waals surface area contributed by atoms with Crippen molar-refractivity contribution in [3.8, 4) is 0 Å². The van der Waals surface area contributed by atoms with Crippen molar-refractivity contribution in [2.24, 2.45) is 17.8 Å². The minimum absolute atomic E-state index is 0.0517. The van der Waals surface area contributed by atoms with Gasteiger partial charge in [0.2, 0.25) is 5.91 Å². The van der Waals surface area contributed by atoms with E-state index in [1.807, 2.05) is 12.1 Å². The lowest BCUT2D eigenvalue weighted by atomic mass is 9.86. The van der Waals surface area contributed by atoms with Crippen molar-refractivity contribution in [1.29, 1.82) is 0 Å². The lowest BCUT2D eigenvalue weighted by molar-refractivity contribution is -0.117. The van der Waals surface area contributed by atoms with Gasteiger partial charge in [0.1, 0.15) is 0 Å². The summed E-state index contributed by atoms with van der Waals surface area (Å²) in [6, 6.07) is 7.17. The van der Waals surface area contributed by atoms with Gasteiger partial charge in [-0.1, -0.05) is 12.5 Å². The first-order valence-corrected chi connectivity index (χ1v) is 8.14. The van der Waals surface area contributed by atoms with Crippen LogP contribution in [0, 0.1) is 17.8 Å². The summed E-state index contributed by atoms with van der Waals surface area (Å²) in [6.45, 7) is 0. The minimum Gasteiger partial charge on any atom is -0.345 e. The highest BCUT2D eigenvalue weighted by atomic mass is 16.2. The molecule has 0 heterocycles. The van der Waals surface area contributed by atoms with Gasteiger partial charge >= 0.3 is 0 Å². The molecule has 2 bridgehead atoms. The molecule has 0 aliphatic heterocycles. The van der Waals surface area contributed by atoms with Gasteiger partial charge in [-0.05, 0) is 55.2 Å². The third-order valence-corrected chi connectivity index (χ3v) is 5.13. The van der Waals surface area contributed by atoms with E-state index in [1.165, 1.54) is 30.6 Å². The van der Waals surface area contributed by atoms with Gasteiger partial charge in [0, 0.05) is 31.8 Å². The van der Waals surface area contributed by atoms with Crippen LogP contribution in [0.25, 0.3) is 0 Å². The van der Waals surface area contributed by atoms with Gasteiger partial charge in [-0.15, -0.1) is 0 Å². The van der Waals surface area contributed by atoms with Gasteiger partial charge in [-0.3, -0.25) is 9.59 Å². The Labute approximate surface area is 131 Å². The SMILES string of the molecule is CN(C)C(=O)c1cccc(NC(=O)C[C@H]2C[C@H]3CC[C@H]2C3)c1. The van der Waals surface area contributed by atoms with E-state index in [0.717, 1.165) is 11.8 Å². The number of nitrogens with zero attached hydrogens (tertiary/aromatic N) is 1. The van der Waals surface area contributed by atoms with E-state index in [9.17, 15) is 9.59 Å². The number of amides is 2. The van der Waals surface area contributed by atoms with E-state index in [0.29, 0.717) is 23.6 Å². The number of benzene rings is 1. The summed E-state index contributed by atoms with van der Waals surface area (Å²) < 4.78 is 0.